The largest absolute Gasteiger partial charge is 0.497 e. The summed E-state index contributed by atoms with van der Waals surface area (Å²) in [4.78, 5) is 26.0. The SMILES string of the molecule is CC[NH+](CC(=O)Nc1ccc(OC)cc1)CC(=O)Nc1ccccc1-c1ccccc1. The Balaban J connectivity index is 1.58. The van der Waals surface area contributed by atoms with Crippen LogP contribution in [0.15, 0.2) is 78.9 Å². The molecule has 3 N–H and O–H groups in total. The van der Waals surface area contributed by atoms with Gasteiger partial charge in [-0.25, -0.2) is 0 Å². The Morgan fingerprint density at radius 1 is 0.806 bits per heavy atom. The monoisotopic (exact) mass is 418 g/mol. The van der Waals surface area contributed by atoms with E-state index in [4.69, 9.17) is 4.74 Å². The van der Waals surface area contributed by atoms with Crippen molar-refractivity contribution in [3.05, 3.63) is 78.9 Å². The number of methoxy groups -OCH3 is 1. The second-order valence-electron chi connectivity index (χ2n) is 7.19. The van der Waals surface area contributed by atoms with Crippen molar-refractivity contribution < 1.29 is 19.2 Å². The number of hydrogen-bond donors (Lipinski definition) is 3. The second kappa shape index (κ2) is 10.9. The first-order valence-corrected chi connectivity index (χ1v) is 10.3. The van der Waals surface area contributed by atoms with Crippen LogP contribution in [-0.4, -0.2) is 38.6 Å². The Morgan fingerprint density at radius 3 is 2.06 bits per heavy atom. The van der Waals surface area contributed by atoms with E-state index in [1.54, 1.807) is 31.4 Å². The minimum absolute atomic E-state index is 0.127. The molecule has 160 valence electrons. The quantitative estimate of drug-likeness (QED) is 0.500. The zero-order valence-electron chi connectivity index (χ0n) is 17.9. The number of likely N-dealkylation sites (N-methyl/N-ethyl adjacent to an activating group) is 1. The maximum absolute atomic E-state index is 12.7. The van der Waals surface area contributed by atoms with Gasteiger partial charge in [-0.05, 0) is 42.8 Å². The average Bonchev–Trinajstić information content (AvgIpc) is 2.80. The number of rotatable bonds is 9. The third-order valence-electron chi connectivity index (χ3n) is 4.98. The van der Waals surface area contributed by atoms with Crippen molar-refractivity contribution in [2.24, 2.45) is 0 Å². The van der Waals surface area contributed by atoms with Crippen LogP contribution in [-0.2, 0) is 9.59 Å². The molecule has 2 amide bonds. The van der Waals surface area contributed by atoms with E-state index in [-0.39, 0.29) is 24.9 Å². The number of hydrogen-bond acceptors (Lipinski definition) is 3. The van der Waals surface area contributed by atoms with Crippen molar-refractivity contribution >= 4 is 23.2 Å². The van der Waals surface area contributed by atoms with Gasteiger partial charge in [-0.15, -0.1) is 0 Å². The first-order valence-electron chi connectivity index (χ1n) is 10.3. The molecule has 0 bridgehead atoms. The number of quaternary nitrogens is 1. The van der Waals surface area contributed by atoms with Gasteiger partial charge in [0.05, 0.1) is 13.7 Å². The van der Waals surface area contributed by atoms with Crippen molar-refractivity contribution in [1.82, 2.24) is 0 Å². The molecule has 6 nitrogen and oxygen atoms in total. The van der Waals surface area contributed by atoms with Crippen LogP contribution in [0, 0.1) is 0 Å². The van der Waals surface area contributed by atoms with Crippen LogP contribution in [0.5, 0.6) is 5.75 Å². The number of carbonyl (C=O) groups is 2. The number of para-hydroxylation sites is 1. The van der Waals surface area contributed by atoms with Gasteiger partial charge in [0.25, 0.3) is 11.8 Å². The van der Waals surface area contributed by atoms with Crippen molar-refractivity contribution in [1.29, 1.82) is 0 Å². The Bertz CT molecular complexity index is 1000. The molecule has 3 aromatic carbocycles. The fraction of sp³-hybridized carbons (Fsp3) is 0.200. The second-order valence-corrected chi connectivity index (χ2v) is 7.19. The van der Waals surface area contributed by atoms with Gasteiger partial charge >= 0.3 is 0 Å². The summed E-state index contributed by atoms with van der Waals surface area (Å²) in [6, 6.07) is 24.8. The maximum Gasteiger partial charge on any atom is 0.279 e. The van der Waals surface area contributed by atoms with Crippen LogP contribution in [0.2, 0.25) is 0 Å². The van der Waals surface area contributed by atoms with E-state index >= 15 is 0 Å². The molecule has 0 radical (unpaired) electrons. The molecule has 0 spiro atoms. The minimum Gasteiger partial charge on any atom is -0.497 e. The lowest BCUT2D eigenvalue weighted by Crippen LogP contribution is -3.13. The highest BCUT2D eigenvalue weighted by molar-refractivity contribution is 5.96. The van der Waals surface area contributed by atoms with E-state index in [9.17, 15) is 9.59 Å². The highest BCUT2D eigenvalue weighted by Gasteiger charge is 2.18. The van der Waals surface area contributed by atoms with E-state index < -0.39 is 0 Å². The summed E-state index contributed by atoms with van der Waals surface area (Å²) in [5, 5.41) is 5.87. The number of nitrogens with one attached hydrogen (secondary N) is 3. The summed E-state index contributed by atoms with van der Waals surface area (Å²) < 4.78 is 5.12. The molecule has 0 fully saturated rings. The molecular formula is C25H28N3O3+. The minimum atomic E-state index is -0.139. The zero-order chi connectivity index (χ0) is 22.1. The molecule has 0 saturated carbocycles. The van der Waals surface area contributed by atoms with E-state index in [0.717, 1.165) is 27.5 Å². The first-order chi connectivity index (χ1) is 15.1. The molecule has 3 rings (SSSR count). The van der Waals surface area contributed by atoms with Gasteiger partial charge in [0, 0.05) is 16.9 Å². The Morgan fingerprint density at radius 2 is 1.42 bits per heavy atom. The molecule has 1 atom stereocenters. The van der Waals surface area contributed by atoms with Crippen LogP contribution in [0.25, 0.3) is 11.1 Å². The molecule has 0 aromatic heterocycles. The lowest BCUT2D eigenvalue weighted by Gasteiger charge is -2.18. The smallest absolute Gasteiger partial charge is 0.279 e. The maximum atomic E-state index is 12.7. The number of anilines is 2. The summed E-state index contributed by atoms with van der Waals surface area (Å²) in [7, 11) is 1.60. The van der Waals surface area contributed by atoms with Crippen LogP contribution in [0.1, 0.15) is 6.92 Å². The molecule has 6 heteroatoms. The number of ether oxygens (including phenoxy) is 1. The molecule has 1 unspecified atom stereocenters. The number of amides is 2. The summed E-state index contributed by atoms with van der Waals surface area (Å²) in [5.41, 5.74) is 3.46. The van der Waals surface area contributed by atoms with Crippen LogP contribution >= 0.6 is 0 Å². The average molecular weight is 419 g/mol. The van der Waals surface area contributed by atoms with E-state index in [1.165, 1.54) is 0 Å². The molecule has 0 saturated heterocycles. The van der Waals surface area contributed by atoms with E-state index in [2.05, 4.69) is 10.6 Å². The summed E-state index contributed by atoms with van der Waals surface area (Å²) >= 11 is 0. The predicted octanol–water partition coefficient (Wildman–Crippen LogP) is 2.84. The molecule has 0 heterocycles. The Labute approximate surface area is 182 Å². The van der Waals surface area contributed by atoms with Crippen LogP contribution in [0.4, 0.5) is 11.4 Å². The van der Waals surface area contributed by atoms with Crippen LogP contribution < -0.4 is 20.3 Å². The van der Waals surface area contributed by atoms with Gasteiger partial charge in [-0.3, -0.25) is 9.59 Å². The van der Waals surface area contributed by atoms with Crippen molar-refractivity contribution in [2.45, 2.75) is 6.92 Å². The summed E-state index contributed by atoms with van der Waals surface area (Å²) in [6.45, 7) is 3.02. The molecule has 0 aliphatic carbocycles. The molecule has 0 aliphatic heterocycles. The third-order valence-corrected chi connectivity index (χ3v) is 4.98. The van der Waals surface area contributed by atoms with Gasteiger partial charge in [0.15, 0.2) is 13.1 Å². The van der Waals surface area contributed by atoms with Gasteiger partial charge in [-0.1, -0.05) is 48.5 Å². The standard InChI is InChI=1S/C25H27N3O3/c1-3-28(17-24(29)26-20-13-15-21(31-2)16-14-20)18-25(30)27-23-12-8-7-11-22(23)19-9-5-4-6-10-19/h4-16H,3,17-18H2,1-2H3,(H,26,29)(H,27,30)/p+1. The third kappa shape index (κ3) is 6.42. The lowest BCUT2D eigenvalue weighted by molar-refractivity contribution is -0.881. The predicted molar refractivity (Wildman–Crippen MR) is 123 cm³/mol. The highest BCUT2D eigenvalue weighted by atomic mass is 16.5. The van der Waals surface area contributed by atoms with Gasteiger partial charge < -0.3 is 20.3 Å². The van der Waals surface area contributed by atoms with E-state index in [1.807, 2.05) is 61.5 Å². The molecule has 31 heavy (non-hydrogen) atoms. The highest BCUT2D eigenvalue weighted by Crippen LogP contribution is 2.27. The zero-order valence-corrected chi connectivity index (χ0v) is 17.9. The molecular weight excluding hydrogens is 390 g/mol. The van der Waals surface area contributed by atoms with E-state index in [0.29, 0.717) is 12.2 Å². The van der Waals surface area contributed by atoms with Gasteiger partial charge in [0.1, 0.15) is 5.75 Å². The Kier molecular flexibility index (Phi) is 7.79. The van der Waals surface area contributed by atoms with Gasteiger partial charge in [-0.2, -0.15) is 0 Å². The summed E-state index contributed by atoms with van der Waals surface area (Å²) in [5.74, 6) is 0.461. The first kappa shape index (κ1) is 22.1. The van der Waals surface area contributed by atoms with Crippen molar-refractivity contribution in [3.63, 3.8) is 0 Å². The van der Waals surface area contributed by atoms with Crippen molar-refractivity contribution in [3.8, 4) is 16.9 Å². The van der Waals surface area contributed by atoms with Crippen LogP contribution in [0.3, 0.4) is 0 Å². The number of carbonyl (C=O) groups excluding carboxylic acids is 2. The molecule has 3 aromatic rings. The Hall–Kier alpha value is -3.64. The summed E-state index contributed by atoms with van der Waals surface area (Å²) in [6.07, 6.45) is 0. The normalized spacial score (nSPS) is 11.4. The fourth-order valence-electron chi connectivity index (χ4n) is 3.30. The van der Waals surface area contributed by atoms with Crippen molar-refractivity contribution in [2.75, 3.05) is 37.4 Å². The topological polar surface area (TPSA) is 71.9 Å². The molecule has 0 aliphatic rings. The fourth-order valence-corrected chi connectivity index (χ4v) is 3.30. The lowest BCUT2D eigenvalue weighted by atomic mass is 10.0. The number of benzene rings is 3. The van der Waals surface area contributed by atoms with Gasteiger partial charge in [0.2, 0.25) is 0 Å².